The molecule has 0 aliphatic carbocycles. The molecule has 4 nitrogen and oxygen atoms in total. The summed E-state index contributed by atoms with van der Waals surface area (Å²) < 4.78 is 10.5. The van der Waals surface area contributed by atoms with Crippen LogP contribution >= 0.6 is 0 Å². The number of benzene rings is 3. The summed E-state index contributed by atoms with van der Waals surface area (Å²) in [6.07, 6.45) is 2.11. The van der Waals surface area contributed by atoms with Crippen molar-refractivity contribution in [1.29, 1.82) is 0 Å². The number of furan rings is 1. The van der Waals surface area contributed by atoms with Crippen LogP contribution in [0.15, 0.2) is 65.2 Å². The molecule has 4 heteroatoms. The maximum Gasteiger partial charge on any atom is 0.217 e. The average molecular weight is 322 g/mol. The molecule has 3 aromatic carbocycles. The van der Waals surface area contributed by atoms with Gasteiger partial charge >= 0.3 is 0 Å². The standard InChI is InChI=1S/C21H12N3O/c1-22-17-7-4-5-13-11-23-12-14-9-10-16-15-6-2-3-8-18(15)25-21(16)20(14)24(23)19(13)17/h2-11H,12H2/q+1. The molecule has 0 saturated carbocycles. The fourth-order valence-electron chi connectivity index (χ4n) is 4.03. The molecule has 3 heterocycles. The molecule has 5 aromatic rings. The van der Waals surface area contributed by atoms with Crippen molar-refractivity contribution in [2.75, 3.05) is 0 Å². The van der Waals surface area contributed by atoms with Crippen LogP contribution in [0.4, 0.5) is 5.69 Å². The highest BCUT2D eigenvalue weighted by Crippen LogP contribution is 2.38. The molecule has 0 bridgehead atoms. The lowest BCUT2D eigenvalue weighted by Gasteiger charge is -2.01. The Balaban J connectivity index is 1.83. The monoisotopic (exact) mass is 322 g/mol. The van der Waals surface area contributed by atoms with Gasteiger partial charge < -0.3 is 4.42 Å². The van der Waals surface area contributed by atoms with E-state index in [-0.39, 0.29) is 0 Å². The van der Waals surface area contributed by atoms with E-state index in [1.807, 2.05) is 30.3 Å². The summed E-state index contributed by atoms with van der Waals surface area (Å²) in [5.74, 6) is 0. The Labute approximate surface area is 142 Å². The summed E-state index contributed by atoms with van der Waals surface area (Å²) in [7, 11) is 0. The van der Waals surface area contributed by atoms with Gasteiger partial charge in [0, 0.05) is 10.8 Å². The molecule has 0 N–H and O–H groups in total. The molecule has 6 rings (SSSR count). The molecule has 0 atom stereocenters. The first-order valence-electron chi connectivity index (χ1n) is 8.20. The van der Waals surface area contributed by atoms with E-state index in [9.17, 15) is 0 Å². The van der Waals surface area contributed by atoms with Crippen LogP contribution in [-0.4, -0.2) is 4.68 Å². The van der Waals surface area contributed by atoms with E-state index in [1.54, 1.807) is 0 Å². The second kappa shape index (κ2) is 4.28. The smallest absolute Gasteiger partial charge is 0.217 e. The molecule has 0 spiro atoms. The molecule has 0 unspecified atom stereocenters. The van der Waals surface area contributed by atoms with Crippen LogP contribution < -0.4 is 4.68 Å². The number of rotatable bonds is 0. The predicted molar refractivity (Wildman–Crippen MR) is 96.1 cm³/mol. The minimum Gasteiger partial charge on any atom is -0.454 e. The van der Waals surface area contributed by atoms with Gasteiger partial charge in [-0.1, -0.05) is 30.3 Å². The zero-order valence-corrected chi connectivity index (χ0v) is 13.2. The third-order valence-electron chi connectivity index (χ3n) is 5.07. The number of hydrogen-bond donors (Lipinski definition) is 0. The van der Waals surface area contributed by atoms with Crippen LogP contribution in [0.3, 0.4) is 0 Å². The minimum absolute atomic E-state index is 0.664. The van der Waals surface area contributed by atoms with Crippen molar-refractivity contribution in [2.45, 2.75) is 6.54 Å². The highest BCUT2D eigenvalue weighted by atomic mass is 16.3. The van der Waals surface area contributed by atoms with E-state index in [4.69, 9.17) is 11.0 Å². The van der Waals surface area contributed by atoms with Crippen LogP contribution in [0, 0.1) is 6.57 Å². The molecule has 0 amide bonds. The molecule has 25 heavy (non-hydrogen) atoms. The van der Waals surface area contributed by atoms with Crippen LogP contribution in [-0.2, 0) is 6.54 Å². The summed E-state index contributed by atoms with van der Waals surface area (Å²) in [5.41, 5.74) is 5.67. The SMILES string of the molecule is [C-]#[N+]c1cccc2c[n+]3n(c12)-c1c(ccc2c1oc1ccccc12)C3. The van der Waals surface area contributed by atoms with E-state index < -0.39 is 0 Å². The van der Waals surface area contributed by atoms with Gasteiger partial charge in [0.2, 0.25) is 11.9 Å². The van der Waals surface area contributed by atoms with Gasteiger partial charge in [-0.15, -0.1) is 9.36 Å². The van der Waals surface area contributed by atoms with Crippen molar-refractivity contribution in [3.05, 3.63) is 77.8 Å². The van der Waals surface area contributed by atoms with Crippen molar-refractivity contribution >= 4 is 38.5 Å². The molecular formula is C21H12N3O+. The normalized spacial score (nSPS) is 12.6. The predicted octanol–water partition coefficient (Wildman–Crippen LogP) is 4.73. The maximum absolute atomic E-state index is 7.54. The summed E-state index contributed by atoms with van der Waals surface area (Å²) in [5, 5.41) is 3.32. The quantitative estimate of drug-likeness (QED) is 0.293. The summed E-state index contributed by atoms with van der Waals surface area (Å²) in [6, 6.07) is 18.3. The Hall–Kier alpha value is -3.58. The molecule has 2 aromatic heterocycles. The number of hydrogen-bond acceptors (Lipinski definition) is 1. The first-order valence-corrected chi connectivity index (χ1v) is 8.20. The zero-order valence-electron chi connectivity index (χ0n) is 13.2. The van der Waals surface area contributed by atoms with E-state index in [0.29, 0.717) is 5.69 Å². The second-order valence-corrected chi connectivity index (χ2v) is 6.41. The van der Waals surface area contributed by atoms with Gasteiger partial charge in [-0.2, -0.15) is 0 Å². The van der Waals surface area contributed by atoms with Gasteiger partial charge in [-0.25, -0.2) is 4.85 Å². The maximum atomic E-state index is 7.54. The van der Waals surface area contributed by atoms with Crippen LogP contribution in [0.1, 0.15) is 5.56 Å². The van der Waals surface area contributed by atoms with Crippen LogP contribution in [0.25, 0.3) is 43.4 Å². The van der Waals surface area contributed by atoms with Gasteiger partial charge in [0.05, 0.1) is 17.5 Å². The topological polar surface area (TPSA) is 26.3 Å². The molecule has 1 aliphatic heterocycles. The number of nitrogens with zero attached hydrogens (tertiary/aromatic N) is 3. The molecule has 116 valence electrons. The van der Waals surface area contributed by atoms with Gasteiger partial charge in [-0.05, 0) is 24.3 Å². The number of aromatic nitrogens is 2. The third-order valence-corrected chi connectivity index (χ3v) is 5.07. The third kappa shape index (κ3) is 1.48. The molecule has 0 radical (unpaired) electrons. The van der Waals surface area contributed by atoms with E-state index in [0.717, 1.165) is 45.1 Å². The minimum atomic E-state index is 0.664. The Morgan fingerprint density at radius 3 is 2.84 bits per heavy atom. The number of fused-ring (bicyclic) bond motifs is 9. The van der Waals surface area contributed by atoms with Gasteiger partial charge in [0.1, 0.15) is 11.1 Å². The molecular weight excluding hydrogens is 310 g/mol. The largest absolute Gasteiger partial charge is 0.454 e. The van der Waals surface area contributed by atoms with Crippen molar-refractivity contribution in [3.63, 3.8) is 0 Å². The lowest BCUT2D eigenvalue weighted by atomic mass is 10.1. The highest BCUT2D eigenvalue weighted by molar-refractivity contribution is 6.08. The van der Waals surface area contributed by atoms with Gasteiger partial charge in [0.25, 0.3) is 0 Å². The van der Waals surface area contributed by atoms with Crippen LogP contribution in [0.5, 0.6) is 0 Å². The molecule has 0 saturated heterocycles. The van der Waals surface area contributed by atoms with Crippen LogP contribution in [0.2, 0.25) is 0 Å². The first kappa shape index (κ1) is 12.8. The first-order chi connectivity index (χ1) is 12.3. The Morgan fingerprint density at radius 1 is 1.00 bits per heavy atom. The van der Waals surface area contributed by atoms with Crippen molar-refractivity contribution in [1.82, 2.24) is 4.68 Å². The molecule has 0 fully saturated rings. The van der Waals surface area contributed by atoms with E-state index in [2.05, 4.69) is 44.7 Å². The lowest BCUT2D eigenvalue weighted by Crippen LogP contribution is -2.36. The zero-order chi connectivity index (χ0) is 16.5. The van der Waals surface area contributed by atoms with E-state index >= 15 is 0 Å². The lowest BCUT2D eigenvalue weighted by molar-refractivity contribution is -0.749. The van der Waals surface area contributed by atoms with Crippen molar-refractivity contribution in [2.24, 2.45) is 0 Å². The summed E-state index contributed by atoms with van der Waals surface area (Å²) in [6.45, 7) is 8.33. The molecule has 1 aliphatic rings. The fourth-order valence-corrected chi connectivity index (χ4v) is 4.03. The fraction of sp³-hybridized carbons (Fsp3) is 0.0476. The van der Waals surface area contributed by atoms with Gasteiger partial charge in [0.15, 0.2) is 17.8 Å². The average Bonchev–Trinajstić information content (AvgIpc) is 3.29. The van der Waals surface area contributed by atoms with Crippen molar-refractivity contribution in [3.8, 4) is 5.69 Å². The summed E-state index contributed by atoms with van der Waals surface area (Å²) >= 11 is 0. The van der Waals surface area contributed by atoms with Crippen molar-refractivity contribution < 1.29 is 9.10 Å². The Bertz CT molecular complexity index is 1380. The summed E-state index contributed by atoms with van der Waals surface area (Å²) in [4.78, 5) is 3.73. The Morgan fingerprint density at radius 2 is 1.92 bits per heavy atom. The Kier molecular flexibility index (Phi) is 2.19. The second-order valence-electron chi connectivity index (χ2n) is 6.41. The number of para-hydroxylation sites is 2. The van der Waals surface area contributed by atoms with E-state index in [1.165, 1.54) is 5.56 Å². The highest BCUT2D eigenvalue weighted by Gasteiger charge is 2.32. The van der Waals surface area contributed by atoms with Gasteiger partial charge in [-0.3, -0.25) is 0 Å².